The summed E-state index contributed by atoms with van der Waals surface area (Å²) in [7, 11) is 0. The van der Waals surface area contributed by atoms with E-state index in [1.165, 1.54) is 12.8 Å². The first kappa shape index (κ1) is 13.4. The van der Waals surface area contributed by atoms with Crippen molar-refractivity contribution < 1.29 is 4.74 Å². The van der Waals surface area contributed by atoms with E-state index in [0.29, 0.717) is 18.2 Å². The molecule has 2 aliphatic rings. The Labute approximate surface area is 107 Å². The summed E-state index contributed by atoms with van der Waals surface area (Å²) < 4.78 is 6.02. The lowest BCUT2D eigenvalue weighted by Crippen LogP contribution is -2.50. The second-order valence-corrected chi connectivity index (χ2v) is 6.37. The number of ether oxygens (including phenoxy) is 1. The number of piperidine rings is 1. The van der Waals surface area contributed by atoms with Crippen molar-refractivity contribution in [1.29, 1.82) is 0 Å². The summed E-state index contributed by atoms with van der Waals surface area (Å²) in [6, 6.07) is 2.22. The number of likely N-dealkylation sites (tertiary alicyclic amines) is 1. The van der Waals surface area contributed by atoms with Gasteiger partial charge < -0.3 is 4.74 Å². The molecule has 2 bridgehead atoms. The first-order valence-corrected chi connectivity index (χ1v) is 7.45. The highest BCUT2D eigenvalue weighted by atomic mass is 16.5. The summed E-state index contributed by atoms with van der Waals surface area (Å²) in [5, 5.41) is 0. The zero-order valence-corrected chi connectivity index (χ0v) is 12.1. The van der Waals surface area contributed by atoms with E-state index in [9.17, 15) is 0 Å². The largest absolute Gasteiger partial charge is 0.378 e. The lowest BCUT2D eigenvalue weighted by molar-refractivity contribution is -0.0345. The zero-order chi connectivity index (χ0) is 12.6. The molecule has 17 heavy (non-hydrogen) atoms. The van der Waals surface area contributed by atoms with Crippen LogP contribution in [0.5, 0.6) is 0 Å². The van der Waals surface area contributed by atoms with Gasteiger partial charge in [0.25, 0.3) is 0 Å². The molecule has 0 N–H and O–H groups in total. The lowest BCUT2D eigenvalue weighted by atomic mass is 9.94. The number of rotatable bonds is 5. The molecule has 1 saturated carbocycles. The molecule has 0 aromatic heterocycles. The fraction of sp³-hybridized carbons (Fsp3) is 1.00. The number of nitrogens with zero attached hydrogens (tertiary/aromatic N) is 1. The van der Waals surface area contributed by atoms with Gasteiger partial charge in [0.2, 0.25) is 0 Å². The highest BCUT2D eigenvalue weighted by molar-refractivity contribution is 5.04. The monoisotopic (exact) mass is 239 g/mol. The molecular formula is C15H29NO. The van der Waals surface area contributed by atoms with Gasteiger partial charge in [-0.25, -0.2) is 0 Å². The Morgan fingerprint density at radius 3 is 2.47 bits per heavy atom. The quantitative estimate of drug-likeness (QED) is 0.730. The molecule has 0 aromatic rings. The van der Waals surface area contributed by atoms with Crippen LogP contribution in [0.25, 0.3) is 0 Å². The van der Waals surface area contributed by atoms with Crippen molar-refractivity contribution in [3.63, 3.8) is 0 Å². The molecule has 5 atom stereocenters. The van der Waals surface area contributed by atoms with Crippen molar-refractivity contribution in [3.8, 4) is 0 Å². The van der Waals surface area contributed by atoms with Crippen LogP contribution in [0.4, 0.5) is 0 Å². The van der Waals surface area contributed by atoms with Crippen LogP contribution in [0.15, 0.2) is 0 Å². The third kappa shape index (κ3) is 2.39. The fourth-order valence-electron chi connectivity index (χ4n) is 3.82. The molecule has 2 fully saturated rings. The van der Waals surface area contributed by atoms with Gasteiger partial charge in [-0.1, -0.05) is 20.8 Å². The molecule has 2 nitrogen and oxygen atoms in total. The molecule has 0 amide bonds. The van der Waals surface area contributed by atoms with Crippen LogP contribution >= 0.6 is 0 Å². The van der Waals surface area contributed by atoms with Gasteiger partial charge in [-0.15, -0.1) is 0 Å². The van der Waals surface area contributed by atoms with Gasteiger partial charge in [-0.2, -0.15) is 0 Å². The molecule has 0 radical (unpaired) electrons. The van der Waals surface area contributed by atoms with Crippen LogP contribution in [-0.2, 0) is 4.74 Å². The molecule has 100 valence electrons. The smallest absolute Gasteiger partial charge is 0.0633 e. The minimum atomic E-state index is 0.547. The molecule has 1 aliphatic heterocycles. The first-order valence-electron chi connectivity index (χ1n) is 7.45. The third-order valence-electron chi connectivity index (χ3n) is 5.01. The maximum atomic E-state index is 6.02. The van der Waals surface area contributed by atoms with Crippen LogP contribution in [0.3, 0.4) is 0 Å². The Morgan fingerprint density at radius 1 is 1.24 bits per heavy atom. The van der Waals surface area contributed by atoms with Gasteiger partial charge in [0.15, 0.2) is 0 Å². The average molecular weight is 239 g/mol. The maximum absolute atomic E-state index is 6.02. The standard InChI is InChI=1S/C15H29NO/c1-6-7-17-15-9-13-8-14(15)12(5)16(13)11(4)10(2)3/h10-15H,6-9H2,1-5H3/t11-,12?,13?,14?,15?/m0/s1. The Balaban J connectivity index is 1.96. The van der Waals surface area contributed by atoms with Gasteiger partial charge in [0.05, 0.1) is 6.10 Å². The second kappa shape index (κ2) is 5.27. The molecule has 0 spiro atoms. The van der Waals surface area contributed by atoms with E-state index < -0.39 is 0 Å². The SMILES string of the molecule is CCCOC1CC2CC1C(C)N2[C@@H](C)C(C)C. The van der Waals surface area contributed by atoms with Crippen molar-refractivity contribution in [2.75, 3.05) is 6.61 Å². The third-order valence-corrected chi connectivity index (χ3v) is 5.01. The molecule has 0 aromatic carbocycles. The average Bonchev–Trinajstić information content (AvgIpc) is 2.82. The van der Waals surface area contributed by atoms with Crippen LogP contribution < -0.4 is 0 Å². The van der Waals surface area contributed by atoms with Gasteiger partial charge in [0.1, 0.15) is 0 Å². The van der Waals surface area contributed by atoms with Crippen LogP contribution in [0.2, 0.25) is 0 Å². The molecule has 1 saturated heterocycles. The normalized spacial score (nSPS) is 39.2. The number of fused-ring (bicyclic) bond motifs is 2. The van der Waals surface area contributed by atoms with E-state index in [2.05, 4.69) is 39.5 Å². The zero-order valence-electron chi connectivity index (χ0n) is 12.1. The molecular weight excluding hydrogens is 210 g/mol. The van der Waals surface area contributed by atoms with Crippen LogP contribution in [0, 0.1) is 11.8 Å². The Kier molecular flexibility index (Phi) is 4.14. The second-order valence-electron chi connectivity index (χ2n) is 6.37. The van der Waals surface area contributed by atoms with Crippen molar-refractivity contribution in [1.82, 2.24) is 4.90 Å². The number of hydrogen-bond acceptors (Lipinski definition) is 2. The number of hydrogen-bond donors (Lipinski definition) is 0. The summed E-state index contributed by atoms with van der Waals surface area (Å²) in [5.74, 6) is 1.54. The summed E-state index contributed by atoms with van der Waals surface area (Å²) in [5.41, 5.74) is 0. The minimum absolute atomic E-state index is 0.547. The Morgan fingerprint density at radius 2 is 1.94 bits per heavy atom. The van der Waals surface area contributed by atoms with Gasteiger partial charge >= 0.3 is 0 Å². The summed E-state index contributed by atoms with van der Waals surface area (Å²) in [6.07, 6.45) is 4.33. The lowest BCUT2D eigenvalue weighted by Gasteiger charge is -2.42. The topological polar surface area (TPSA) is 12.5 Å². The Hall–Kier alpha value is -0.0800. The van der Waals surface area contributed by atoms with E-state index >= 15 is 0 Å². The maximum Gasteiger partial charge on any atom is 0.0633 e. The minimum Gasteiger partial charge on any atom is -0.378 e. The highest BCUT2D eigenvalue weighted by Gasteiger charge is 2.51. The van der Waals surface area contributed by atoms with E-state index in [-0.39, 0.29) is 0 Å². The van der Waals surface area contributed by atoms with Gasteiger partial charge in [0, 0.05) is 30.7 Å². The molecule has 1 heterocycles. The highest BCUT2D eigenvalue weighted by Crippen LogP contribution is 2.45. The molecule has 2 heteroatoms. The van der Waals surface area contributed by atoms with Crippen molar-refractivity contribution >= 4 is 0 Å². The first-order chi connectivity index (χ1) is 8.06. The predicted molar refractivity (Wildman–Crippen MR) is 72.1 cm³/mol. The molecule has 2 rings (SSSR count). The van der Waals surface area contributed by atoms with Crippen molar-refractivity contribution in [2.45, 2.75) is 78.1 Å². The molecule has 1 aliphatic carbocycles. The summed E-state index contributed by atoms with van der Waals surface area (Å²) >= 11 is 0. The summed E-state index contributed by atoms with van der Waals surface area (Å²) in [6.45, 7) is 12.6. The van der Waals surface area contributed by atoms with E-state index in [1.807, 2.05) is 0 Å². The van der Waals surface area contributed by atoms with Crippen molar-refractivity contribution in [2.24, 2.45) is 11.8 Å². The predicted octanol–water partition coefficient (Wildman–Crippen LogP) is 3.31. The fourth-order valence-corrected chi connectivity index (χ4v) is 3.82. The summed E-state index contributed by atoms with van der Waals surface area (Å²) in [4.78, 5) is 2.77. The van der Waals surface area contributed by atoms with E-state index in [1.54, 1.807) is 0 Å². The van der Waals surface area contributed by atoms with E-state index in [4.69, 9.17) is 4.74 Å². The Bertz CT molecular complexity index is 251. The van der Waals surface area contributed by atoms with Crippen LogP contribution in [-0.4, -0.2) is 35.7 Å². The molecule has 4 unspecified atom stereocenters. The van der Waals surface area contributed by atoms with Gasteiger partial charge in [-0.3, -0.25) is 4.90 Å². The van der Waals surface area contributed by atoms with Gasteiger partial charge in [-0.05, 0) is 39.0 Å². The van der Waals surface area contributed by atoms with Crippen molar-refractivity contribution in [3.05, 3.63) is 0 Å². The van der Waals surface area contributed by atoms with E-state index in [0.717, 1.165) is 30.9 Å². The van der Waals surface area contributed by atoms with Crippen LogP contribution in [0.1, 0.15) is 53.9 Å².